The number of allylic oxidation sites excluding steroid dienone is 5. The van der Waals surface area contributed by atoms with Gasteiger partial charge >= 0.3 is 0 Å². The normalized spacial score (nSPS) is 16.1. The van der Waals surface area contributed by atoms with Crippen LogP contribution in [0.1, 0.15) is 34.1 Å². The van der Waals surface area contributed by atoms with Gasteiger partial charge in [-0.2, -0.15) is 0 Å². The van der Waals surface area contributed by atoms with Crippen molar-refractivity contribution >= 4 is 0 Å². The average molecular weight is 229 g/mol. The Morgan fingerprint density at radius 1 is 1.44 bits per heavy atom. The molecule has 0 aliphatic heterocycles. The summed E-state index contributed by atoms with van der Waals surface area (Å²) in [6.07, 6.45) is 3.81. The van der Waals surface area contributed by atoms with Gasteiger partial charge < -0.3 is 5.73 Å². The lowest BCUT2D eigenvalue weighted by molar-refractivity contribution is 0.0660. The minimum Gasteiger partial charge on any atom is -0.402 e. The van der Waals surface area contributed by atoms with Gasteiger partial charge in [-0.3, -0.25) is 0 Å². The van der Waals surface area contributed by atoms with Crippen LogP contribution in [0.25, 0.3) is 0 Å². The zero-order chi connectivity index (χ0) is 12.9. The Balaban J connectivity index is 5.05. The molecule has 0 heterocycles. The van der Waals surface area contributed by atoms with E-state index in [9.17, 15) is 8.78 Å². The molecule has 0 saturated heterocycles. The lowest BCUT2D eigenvalue weighted by Crippen LogP contribution is -2.14. The topological polar surface area (TPSA) is 26.0 Å². The molecule has 0 aromatic rings. The lowest BCUT2D eigenvalue weighted by Gasteiger charge is -2.15. The van der Waals surface area contributed by atoms with Gasteiger partial charge in [0, 0.05) is 18.2 Å². The second kappa shape index (κ2) is 5.83. The van der Waals surface area contributed by atoms with E-state index in [-0.39, 0.29) is 11.5 Å². The van der Waals surface area contributed by atoms with Crippen LogP contribution in [0.15, 0.2) is 35.6 Å². The quantitative estimate of drug-likeness (QED) is 0.707. The molecule has 0 aliphatic rings. The second-order valence-corrected chi connectivity index (χ2v) is 4.23. The van der Waals surface area contributed by atoms with Crippen molar-refractivity contribution in [3.63, 3.8) is 0 Å². The molecule has 1 atom stereocenters. The molecular weight excluding hydrogens is 208 g/mol. The first kappa shape index (κ1) is 14.9. The predicted octanol–water partition coefficient (Wildman–Crippen LogP) is 4.03. The first-order chi connectivity index (χ1) is 7.20. The van der Waals surface area contributed by atoms with Crippen LogP contribution >= 0.6 is 0 Å². The van der Waals surface area contributed by atoms with Gasteiger partial charge in [-0.15, -0.1) is 0 Å². The van der Waals surface area contributed by atoms with Gasteiger partial charge in [0.25, 0.3) is 5.92 Å². The third-order valence-corrected chi connectivity index (χ3v) is 2.56. The summed E-state index contributed by atoms with van der Waals surface area (Å²) in [6, 6.07) is 0. The molecule has 16 heavy (non-hydrogen) atoms. The smallest absolute Gasteiger partial charge is 0.270 e. The summed E-state index contributed by atoms with van der Waals surface area (Å²) >= 11 is 0. The van der Waals surface area contributed by atoms with Crippen LogP contribution in [0.5, 0.6) is 0 Å². The van der Waals surface area contributed by atoms with Gasteiger partial charge in [-0.25, -0.2) is 8.78 Å². The highest BCUT2D eigenvalue weighted by atomic mass is 19.3. The summed E-state index contributed by atoms with van der Waals surface area (Å²) in [5.41, 5.74) is 6.67. The highest BCUT2D eigenvalue weighted by molar-refractivity contribution is 5.36. The molecule has 92 valence electrons. The molecule has 0 aromatic heterocycles. The van der Waals surface area contributed by atoms with Crippen LogP contribution in [-0.4, -0.2) is 5.92 Å². The van der Waals surface area contributed by atoms with Crippen LogP contribution in [0.4, 0.5) is 8.78 Å². The van der Waals surface area contributed by atoms with Gasteiger partial charge in [0.05, 0.1) is 0 Å². The highest BCUT2D eigenvalue weighted by Crippen LogP contribution is 2.28. The molecule has 2 N–H and O–H groups in total. The number of rotatable bonds is 5. The molecule has 0 aliphatic carbocycles. The van der Waals surface area contributed by atoms with E-state index in [1.165, 1.54) is 6.08 Å². The zero-order valence-corrected chi connectivity index (χ0v) is 10.5. The zero-order valence-electron chi connectivity index (χ0n) is 10.5. The van der Waals surface area contributed by atoms with Crippen molar-refractivity contribution in [1.82, 2.24) is 0 Å². The Labute approximate surface area is 96.7 Å². The largest absolute Gasteiger partial charge is 0.402 e. The standard InChI is InChI=1S/C13H21F2N/c1-6-10(4)12(16)8-7-11(9(2)3)13(5,14)15/h7-8,10H,2,6,16H2,1,3-5H3/b11-7+,12-8+. The highest BCUT2D eigenvalue weighted by Gasteiger charge is 2.27. The first-order valence-electron chi connectivity index (χ1n) is 5.41. The fourth-order valence-electron chi connectivity index (χ4n) is 1.24. The maximum Gasteiger partial charge on any atom is 0.270 e. The minimum absolute atomic E-state index is 0.0706. The molecule has 0 spiro atoms. The molecule has 0 aromatic carbocycles. The molecule has 1 nitrogen and oxygen atoms in total. The van der Waals surface area contributed by atoms with Gasteiger partial charge in [0.1, 0.15) is 0 Å². The predicted molar refractivity (Wildman–Crippen MR) is 65.2 cm³/mol. The molecule has 0 radical (unpaired) electrons. The van der Waals surface area contributed by atoms with Crippen molar-refractivity contribution in [1.29, 1.82) is 0 Å². The Morgan fingerprint density at radius 2 is 1.94 bits per heavy atom. The van der Waals surface area contributed by atoms with E-state index in [4.69, 9.17) is 5.73 Å². The second-order valence-electron chi connectivity index (χ2n) is 4.23. The van der Waals surface area contributed by atoms with Gasteiger partial charge in [0.15, 0.2) is 0 Å². The Kier molecular flexibility index (Phi) is 5.42. The average Bonchev–Trinajstić information content (AvgIpc) is 2.13. The Hall–Kier alpha value is -1.12. The Morgan fingerprint density at radius 3 is 2.25 bits per heavy atom. The number of nitrogens with two attached hydrogens (primary N) is 1. The van der Waals surface area contributed by atoms with Crippen molar-refractivity contribution < 1.29 is 8.78 Å². The molecule has 0 saturated carbocycles. The lowest BCUT2D eigenvalue weighted by atomic mass is 10.0. The third kappa shape index (κ3) is 4.60. The van der Waals surface area contributed by atoms with Crippen molar-refractivity contribution in [3.8, 4) is 0 Å². The minimum atomic E-state index is -2.88. The third-order valence-electron chi connectivity index (χ3n) is 2.56. The van der Waals surface area contributed by atoms with Crippen LogP contribution < -0.4 is 5.73 Å². The van der Waals surface area contributed by atoms with Gasteiger partial charge in [-0.05, 0) is 30.9 Å². The van der Waals surface area contributed by atoms with Gasteiger partial charge in [-0.1, -0.05) is 26.5 Å². The van der Waals surface area contributed by atoms with E-state index >= 15 is 0 Å². The summed E-state index contributed by atoms with van der Waals surface area (Å²) in [4.78, 5) is 0. The fourth-order valence-corrected chi connectivity index (χ4v) is 1.24. The number of hydrogen-bond acceptors (Lipinski definition) is 1. The van der Waals surface area contributed by atoms with Crippen molar-refractivity contribution in [2.24, 2.45) is 11.7 Å². The van der Waals surface area contributed by atoms with Crippen molar-refractivity contribution in [2.45, 2.75) is 40.0 Å². The number of halogens is 2. The van der Waals surface area contributed by atoms with Crippen LogP contribution in [0.2, 0.25) is 0 Å². The van der Waals surface area contributed by atoms with Crippen LogP contribution in [-0.2, 0) is 0 Å². The van der Waals surface area contributed by atoms with E-state index in [1.807, 2.05) is 13.8 Å². The van der Waals surface area contributed by atoms with Crippen molar-refractivity contribution in [2.75, 3.05) is 0 Å². The maximum absolute atomic E-state index is 13.2. The summed E-state index contributed by atoms with van der Waals surface area (Å²) in [5.74, 6) is -2.67. The molecule has 0 bridgehead atoms. The molecule has 1 unspecified atom stereocenters. The fraction of sp³-hybridized carbons (Fsp3) is 0.538. The summed E-state index contributed by atoms with van der Waals surface area (Å²) in [5, 5.41) is 0. The van der Waals surface area contributed by atoms with E-state index < -0.39 is 5.92 Å². The summed E-state index contributed by atoms with van der Waals surface area (Å²) < 4.78 is 26.3. The molecular formula is C13H21F2N. The van der Waals surface area contributed by atoms with E-state index in [2.05, 4.69) is 6.58 Å². The van der Waals surface area contributed by atoms with Gasteiger partial charge in [0.2, 0.25) is 0 Å². The van der Waals surface area contributed by atoms with Crippen LogP contribution in [0, 0.1) is 5.92 Å². The monoisotopic (exact) mass is 229 g/mol. The maximum atomic E-state index is 13.2. The summed E-state index contributed by atoms with van der Waals surface area (Å²) in [7, 11) is 0. The van der Waals surface area contributed by atoms with E-state index in [1.54, 1.807) is 13.0 Å². The number of alkyl halides is 2. The Bertz CT molecular complexity index is 308. The summed E-state index contributed by atoms with van der Waals surface area (Å²) in [6.45, 7) is 9.94. The molecule has 0 rings (SSSR count). The molecule has 0 amide bonds. The SMILES string of the molecule is C=C(C)/C(=C\C=C(\N)C(C)CC)C(C)(F)F. The molecule has 3 heteroatoms. The molecule has 0 fully saturated rings. The van der Waals surface area contributed by atoms with Crippen LogP contribution in [0.3, 0.4) is 0 Å². The van der Waals surface area contributed by atoms with E-state index in [0.29, 0.717) is 11.3 Å². The number of hydrogen-bond donors (Lipinski definition) is 1. The van der Waals surface area contributed by atoms with E-state index in [0.717, 1.165) is 13.3 Å². The van der Waals surface area contributed by atoms with Crippen molar-refractivity contribution in [3.05, 3.63) is 35.6 Å². The first-order valence-corrected chi connectivity index (χ1v) is 5.41.